The van der Waals surface area contributed by atoms with Gasteiger partial charge in [0.05, 0.1) is 40.5 Å². The van der Waals surface area contributed by atoms with E-state index in [9.17, 15) is 0 Å². The van der Waals surface area contributed by atoms with Crippen molar-refractivity contribution in [2.24, 2.45) is 0 Å². The lowest BCUT2D eigenvalue weighted by Gasteiger charge is -2.11. The van der Waals surface area contributed by atoms with Crippen LogP contribution in [0, 0.1) is 6.57 Å². The first-order valence-electron chi connectivity index (χ1n) is 15.6. The maximum atomic E-state index is 7.51. The van der Waals surface area contributed by atoms with Gasteiger partial charge in [0, 0.05) is 32.5 Å². The van der Waals surface area contributed by atoms with E-state index < -0.39 is 0 Å². The average molecular weight is 601 g/mol. The zero-order valence-corrected chi connectivity index (χ0v) is 25.1. The molecule has 0 amide bonds. The van der Waals surface area contributed by atoms with E-state index in [1.165, 1.54) is 5.39 Å². The van der Waals surface area contributed by atoms with Crippen LogP contribution in [0.25, 0.3) is 93.0 Å². The number of pyridine rings is 1. The van der Waals surface area contributed by atoms with Gasteiger partial charge in [-0.3, -0.25) is 4.57 Å². The van der Waals surface area contributed by atoms with E-state index in [-0.39, 0.29) is 0 Å². The Morgan fingerprint density at radius 3 is 1.98 bits per heavy atom. The quantitative estimate of drug-likeness (QED) is 0.189. The van der Waals surface area contributed by atoms with Crippen LogP contribution >= 0.6 is 0 Å². The molecule has 0 aliphatic carbocycles. The van der Waals surface area contributed by atoms with Crippen LogP contribution in [0.1, 0.15) is 0 Å². The number of benzene rings is 6. The molecule has 0 radical (unpaired) electrons. The third-order valence-corrected chi connectivity index (χ3v) is 9.39. The topological polar surface area (TPSA) is 40.2 Å². The fourth-order valence-electron chi connectivity index (χ4n) is 7.31. The second-order valence-corrected chi connectivity index (χ2v) is 11.9. The lowest BCUT2D eigenvalue weighted by atomic mass is 10.0. The van der Waals surface area contributed by atoms with Gasteiger partial charge < -0.3 is 8.98 Å². The molecular weight excluding hydrogens is 576 g/mol. The average Bonchev–Trinajstić information content (AvgIpc) is 3.79. The maximum absolute atomic E-state index is 7.51. The smallest absolute Gasteiger partial charge is 0.188 e. The number of aromatic nitrogens is 3. The van der Waals surface area contributed by atoms with Crippen LogP contribution in [0.15, 0.2) is 150 Å². The first kappa shape index (κ1) is 25.7. The second-order valence-electron chi connectivity index (χ2n) is 11.9. The van der Waals surface area contributed by atoms with E-state index in [1.807, 2.05) is 42.6 Å². The predicted octanol–water partition coefficient (Wildman–Crippen LogP) is 11.4. The summed E-state index contributed by atoms with van der Waals surface area (Å²) in [7, 11) is 0. The van der Waals surface area contributed by atoms with E-state index in [1.54, 1.807) is 0 Å². The number of para-hydroxylation sites is 4. The standard InChI is InChI=1S/C42H24N4O/c1-43-27-18-21-38-35(24-27)31-10-2-5-14-36(31)45(38)28-19-22-41(44-25-28)46-37-15-6-3-9-30(37)34-23-26(17-20-39(34)46)29-12-8-13-33-32-11-4-7-16-40(32)47-42(29)33/h2-25H. The van der Waals surface area contributed by atoms with E-state index in [0.29, 0.717) is 5.69 Å². The SMILES string of the molecule is [C-]#[N+]c1ccc2c(c1)c1ccccc1n2-c1ccc(-n2c3ccccc3c3cc(-c4cccc5c4oc4ccccc45)ccc32)nc1. The van der Waals surface area contributed by atoms with Gasteiger partial charge in [0.2, 0.25) is 0 Å². The van der Waals surface area contributed by atoms with Gasteiger partial charge >= 0.3 is 0 Å². The molecule has 4 aromatic heterocycles. The number of rotatable bonds is 3. The molecule has 0 atom stereocenters. The molecule has 10 rings (SSSR count). The highest BCUT2D eigenvalue weighted by Gasteiger charge is 2.18. The molecule has 0 aliphatic heterocycles. The fraction of sp³-hybridized carbons (Fsp3) is 0. The molecule has 0 fully saturated rings. The van der Waals surface area contributed by atoms with E-state index in [4.69, 9.17) is 16.0 Å². The third kappa shape index (κ3) is 3.67. The Kier molecular flexibility index (Phi) is 5.28. The monoisotopic (exact) mass is 600 g/mol. The molecule has 0 bridgehead atoms. The molecule has 10 aromatic rings. The van der Waals surface area contributed by atoms with Crippen molar-refractivity contribution in [2.75, 3.05) is 0 Å². The first-order valence-corrected chi connectivity index (χ1v) is 15.6. The largest absolute Gasteiger partial charge is 0.455 e. The summed E-state index contributed by atoms with van der Waals surface area (Å²) in [6.07, 6.45) is 1.95. The van der Waals surface area contributed by atoms with Crippen molar-refractivity contribution in [3.05, 3.63) is 157 Å². The summed E-state index contributed by atoms with van der Waals surface area (Å²) in [5.74, 6) is 0.850. The van der Waals surface area contributed by atoms with E-state index in [2.05, 4.69) is 117 Å². The van der Waals surface area contributed by atoms with Gasteiger partial charge in [-0.05, 0) is 65.5 Å². The van der Waals surface area contributed by atoms with E-state index >= 15 is 0 Å². The lowest BCUT2D eigenvalue weighted by Crippen LogP contribution is -2.00. The van der Waals surface area contributed by atoms with Crippen molar-refractivity contribution >= 4 is 71.2 Å². The van der Waals surface area contributed by atoms with Crippen molar-refractivity contribution in [2.45, 2.75) is 0 Å². The number of hydrogen-bond acceptors (Lipinski definition) is 2. The Morgan fingerprint density at radius 2 is 1.19 bits per heavy atom. The van der Waals surface area contributed by atoms with Crippen LogP contribution in [-0.4, -0.2) is 14.1 Å². The highest BCUT2D eigenvalue weighted by atomic mass is 16.3. The van der Waals surface area contributed by atoms with Gasteiger partial charge in [0.15, 0.2) is 5.69 Å². The molecule has 0 saturated heterocycles. The Hall–Kier alpha value is -6.64. The van der Waals surface area contributed by atoms with Gasteiger partial charge in [-0.2, -0.15) is 0 Å². The Morgan fingerprint density at radius 1 is 0.532 bits per heavy atom. The Balaban J connectivity index is 1.14. The summed E-state index contributed by atoms with van der Waals surface area (Å²) in [5.41, 5.74) is 9.94. The second kappa shape index (κ2) is 9.68. The Labute approximate surface area is 269 Å². The lowest BCUT2D eigenvalue weighted by molar-refractivity contribution is 0.670. The van der Waals surface area contributed by atoms with Gasteiger partial charge in [-0.1, -0.05) is 84.9 Å². The minimum absolute atomic E-state index is 0.637. The number of nitrogens with zero attached hydrogens (tertiary/aromatic N) is 4. The molecule has 0 spiro atoms. The third-order valence-electron chi connectivity index (χ3n) is 9.39. The number of furan rings is 1. The molecule has 0 unspecified atom stereocenters. The van der Waals surface area contributed by atoms with Crippen LogP contribution in [0.5, 0.6) is 0 Å². The number of fused-ring (bicyclic) bond motifs is 9. The summed E-state index contributed by atoms with van der Waals surface area (Å²) in [4.78, 5) is 8.71. The van der Waals surface area contributed by atoms with Gasteiger partial charge in [0.1, 0.15) is 17.0 Å². The summed E-state index contributed by atoms with van der Waals surface area (Å²) < 4.78 is 10.9. The molecular formula is C42H24N4O. The van der Waals surface area contributed by atoms with Crippen LogP contribution in [0.3, 0.4) is 0 Å². The minimum Gasteiger partial charge on any atom is -0.455 e. The zero-order valence-electron chi connectivity index (χ0n) is 25.1. The van der Waals surface area contributed by atoms with Crippen LogP contribution in [-0.2, 0) is 0 Å². The summed E-state index contributed by atoms with van der Waals surface area (Å²) >= 11 is 0. The van der Waals surface area contributed by atoms with Crippen molar-refractivity contribution in [3.8, 4) is 22.6 Å². The molecule has 5 heteroatoms. The van der Waals surface area contributed by atoms with Crippen molar-refractivity contribution in [1.29, 1.82) is 0 Å². The summed E-state index contributed by atoms with van der Waals surface area (Å²) in [6.45, 7) is 7.51. The number of hydrogen-bond donors (Lipinski definition) is 0. The first-order chi connectivity index (χ1) is 23.3. The van der Waals surface area contributed by atoms with E-state index in [0.717, 1.165) is 82.8 Å². The minimum atomic E-state index is 0.637. The van der Waals surface area contributed by atoms with Gasteiger partial charge in [-0.15, -0.1) is 0 Å². The Bertz CT molecular complexity index is 2920. The molecule has 6 aromatic carbocycles. The van der Waals surface area contributed by atoms with Crippen molar-refractivity contribution in [3.63, 3.8) is 0 Å². The highest BCUT2D eigenvalue weighted by Crippen LogP contribution is 2.39. The van der Waals surface area contributed by atoms with Gasteiger partial charge in [0.25, 0.3) is 0 Å². The molecule has 0 aliphatic rings. The summed E-state index contributed by atoms with van der Waals surface area (Å²) in [6, 6.07) is 48.2. The van der Waals surface area contributed by atoms with Crippen LogP contribution < -0.4 is 0 Å². The van der Waals surface area contributed by atoms with Crippen LogP contribution in [0.2, 0.25) is 0 Å². The highest BCUT2D eigenvalue weighted by molar-refractivity contribution is 6.13. The molecule has 218 valence electrons. The van der Waals surface area contributed by atoms with Crippen molar-refractivity contribution < 1.29 is 4.42 Å². The van der Waals surface area contributed by atoms with Crippen molar-refractivity contribution in [1.82, 2.24) is 14.1 Å². The fourth-order valence-corrected chi connectivity index (χ4v) is 7.31. The normalized spacial score (nSPS) is 11.8. The molecule has 0 saturated carbocycles. The maximum Gasteiger partial charge on any atom is 0.188 e. The molecule has 5 nitrogen and oxygen atoms in total. The molecule has 4 heterocycles. The van der Waals surface area contributed by atoms with Gasteiger partial charge in [-0.25, -0.2) is 9.83 Å². The summed E-state index contributed by atoms with van der Waals surface area (Å²) in [5, 5.41) is 6.77. The predicted molar refractivity (Wildman–Crippen MR) is 192 cm³/mol. The van der Waals surface area contributed by atoms with Crippen LogP contribution in [0.4, 0.5) is 5.69 Å². The zero-order chi connectivity index (χ0) is 31.1. The molecule has 0 N–H and O–H groups in total. The molecule has 47 heavy (non-hydrogen) atoms.